The Balaban J connectivity index is 1.61. The van der Waals surface area contributed by atoms with Crippen LogP contribution in [0.2, 0.25) is 0 Å². The molecule has 1 aromatic heterocycles. The molecule has 152 valence electrons. The topological polar surface area (TPSA) is 69.7 Å². The first kappa shape index (κ1) is 20.5. The van der Waals surface area contributed by atoms with Gasteiger partial charge in [0.2, 0.25) is 0 Å². The quantitative estimate of drug-likeness (QED) is 0.560. The third kappa shape index (κ3) is 5.89. The molecule has 0 aliphatic rings. The maximum Gasteiger partial charge on any atom is 0.387 e. The summed E-state index contributed by atoms with van der Waals surface area (Å²) in [4.78, 5) is 16.6. The highest BCUT2D eigenvalue weighted by Gasteiger charge is 2.12. The van der Waals surface area contributed by atoms with Crippen LogP contribution in [-0.4, -0.2) is 24.6 Å². The second-order valence-corrected chi connectivity index (χ2v) is 6.56. The second-order valence-electron chi connectivity index (χ2n) is 5.84. The molecule has 0 spiro atoms. The lowest BCUT2D eigenvalue weighted by Crippen LogP contribution is -2.22. The van der Waals surface area contributed by atoms with Gasteiger partial charge in [0.15, 0.2) is 11.5 Å². The molecule has 0 aliphatic heterocycles. The van der Waals surface area contributed by atoms with Gasteiger partial charge in [-0.05, 0) is 35.9 Å². The average molecular weight is 420 g/mol. The van der Waals surface area contributed by atoms with Crippen LogP contribution in [0.3, 0.4) is 0 Å². The average Bonchev–Trinajstić information content (AvgIpc) is 3.24. The van der Waals surface area contributed by atoms with Crippen molar-refractivity contribution in [2.24, 2.45) is 0 Å². The number of benzene rings is 2. The van der Waals surface area contributed by atoms with Crippen LogP contribution in [0.4, 0.5) is 8.78 Å². The first-order chi connectivity index (χ1) is 14.0. The first-order valence-electron chi connectivity index (χ1n) is 8.55. The summed E-state index contributed by atoms with van der Waals surface area (Å²) in [6.45, 7) is -2.45. The van der Waals surface area contributed by atoms with E-state index in [-0.39, 0.29) is 18.2 Å². The largest absolute Gasteiger partial charge is 0.493 e. The number of methoxy groups -OCH3 is 1. The molecule has 3 aromatic rings. The minimum Gasteiger partial charge on any atom is -0.493 e. The van der Waals surface area contributed by atoms with Crippen molar-refractivity contribution in [1.82, 2.24) is 10.3 Å². The van der Waals surface area contributed by atoms with E-state index in [0.29, 0.717) is 29.2 Å². The Morgan fingerprint density at radius 3 is 2.79 bits per heavy atom. The Labute approximate surface area is 170 Å². The molecule has 0 radical (unpaired) electrons. The highest BCUT2D eigenvalue weighted by Crippen LogP contribution is 2.29. The van der Waals surface area contributed by atoms with Crippen molar-refractivity contribution in [3.63, 3.8) is 0 Å². The van der Waals surface area contributed by atoms with Crippen molar-refractivity contribution in [1.29, 1.82) is 0 Å². The second kappa shape index (κ2) is 9.83. The monoisotopic (exact) mass is 420 g/mol. The molecule has 0 aliphatic carbocycles. The van der Waals surface area contributed by atoms with Gasteiger partial charge in [0.25, 0.3) is 5.91 Å². The number of rotatable bonds is 9. The highest BCUT2D eigenvalue weighted by atomic mass is 32.1. The first-order valence-corrected chi connectivity index (χ1v) is 9.49. The molecule has 29 heavy (non-hydrogen) atoms. The predicted octanol–water partition coefficient (Wildman–Crippen LogP) is 4.26. The lowest BCUT2D eigenvalue weighted by molar-refractivity contribution is -0.0498. The fraction of sp³-hybridized carbons (Fsp3) is 0.200. The number of alkyl halides is 2. The number of amides is 1. The van der Waals surface area contributed by atoms with E-state index in [9.17, 15) is 13.6 Å². The van der Waals surface area contributed by atoms with Crippen LogP contribution >= 0.6 is 11.3 Å². The van der Waals surface area contributed by atoms with E-state index >= 15 is 0 Å². The van der Waals surface area contributed by atoms with Crippen LogP contribution in [-0.2, 0) is 13.2 Å². The van der Waals surface area contributed by atoms with Gasteiger partial charge in [-0.25, -0.2) is 4.98 Å². The van der Waals surface area contributed by atoms with E-state index in [2.05, 4.69) is 15.0 Å². The number of aromatic nitrogens is 1. The van der Waals surface area contributed by atoms with Crippen molar-refractivity contribution < 1.29 is 27.8 Å². The zero-order valence-electron chi connectivity index (χ0n) is 15.4. The molecule has 0 atom stereocenters. The third-order valence-corrected chi connectivity index (χ3v) is 4.50. The Hall–Kier alpha value is -3.20. The van der Waals surface area contributed by atoms with E-state index in [1.807, 2.05) is 5.38 Å². The Morgan fingerprint density at radius 1 is 1.21 bits per heavy atom. The zero-order valence-corrected chi connectivity index (χ0v) is 16.2. The molecule has 0 fully saturated rings. The molecule has 0 unspecified atom stereocenters. The minimum absolute atomic E-state index is 0.0371. The molecular weight excluding hydrogens is 402 g/mol. The van der Waals surface area contributed by atoms with Crippen LogP contribution in [0, 0.1) is 0 Å². The summed E-state index contributed by atoms with van der Waals surface area (Å²) in [6.07, 6.45) is 0. The minimum atomic E-state index is -2.90. The van der Waals surface area contributed by atoms with E-state index in [1.165, 1.54) is 30.6 Å². The maximum absolute atomic E-state index is 12.4. The van der Waals surface area contributed by atoms with E-state index in [0.717, 1.165) is 5.69 Å². The smallest absolute Gasteiger partial charge is 0.387 e. The molecule has 1 N–H and O–H groups in total. The number of halogens is 2. The van der Waals surface area contributed by atoms with Crippen LogP contribution in [0.25, 0.3) is 0 Å². The van der Waals surface area contributed by atoms with Crippen molar-refractivity contribution >= 4 is 17.2 Å². The Kier molecular flexibility index (Phi) is 6.96. The van der Waals surface area contributed by atoms with Crippen molar-refractivity contribution in [3.05, 3.63) is 70.2 Å². The van der Waals surface area contributed by atoms with Gasteiger partial charge in [-0.2, -0.15) is 8.78 Å². The number of carbonyl (C=O) groups excluding carboxylic acids is 1. The molecule has 0 bridgehead atoms. The molecule has 9 heteroatoms. The van der Waals surface area contributed by atoms with Gasteiger partial charge < -0.3 is 19.5 Å². The molecule has 1 heterocycles. The van der Waals surface area contributed by atoms with Crippen molar-refractivity contribution in [2.45, 2.75) is 19.8 Å². The number of hydrogen-bond acceptors (Lipinski definition) is 6. The number of nitrogens with one attached hydrogen (secondary N) is 1. The molecule has 3 rings (SSSR count). The lowest BCUT2D eigenvalue weighted by Gasteiger charge is -2.12. The Morgan fingerprint density at radius 2 is 2.07 bits per heavy atom. The zero-order chi connectivity index (χ0) is 20.6. The number of nitrogens with zero attached hydrogens (tertiary/aromatic N) is 1. The van der Waals surface area contributed by atoms with Crippen molar-refractivity contribution in [2.75, 3.05) is 7.11 Å². The Bertz CT molecular complexity index is 951. The van der Waals surface area contributed by atoms with Gasteiger partial charge in [0.05, 0.1) is 18.3 Å². The van der Waals surface area contributed by atoms with Crippen LogP contribution < -0.4 is 19.5 Å². The standard InChI is InChI=1S/C20H18F2N2O4S/c1-26-18-8-14(5-6-17(18)27-10-15-11-29-12-24-15)19(25)23-9-13-3-2-4-16(7-13)28-20(21)22/h2-8,11-12,20H,9-10H2,1H3,(H,23,25). The fourth-order valence-corrected chi connectivity index (χ4v) is 3.05. The summed E-state index contributed by atoms with van der Waals surface area (Å²) in [5, 5.41) is 4.62. The van der Waals surface area contributed by atoms with Gasteiger partial charge in [0.1, 0.15) is 12.4 Å². The molecule has 6 nitrogen and oxygen atoms in total. The summed E-state index contributed by atoms with van der Waals surface area (Å²) in [6, 6.07) is 11.0. The SMILES string of the molecule is COc1cc(C(=O)NCc2cccc(OC(F)F)c2)ccc1OCc1cscn1. The van der Waals surface area contributed by atoms with Crippen molar-refractivity contribution in [3.8, 4) is 17.2 Å². The molecule has 2 aromatic carbocycles. The van der Waals surface area contributed by atoms with E-state index < -0.39 is 6.61 Å². The molecular formula is C20H18F2N2O4S. The number of carbonyl (C=O) groups is 1. The highest BCUT2D eigenvalue weighted by molar-refractivity contribution is 7.07. The molecule has 0 saturated heterocycles. The van der Waals surface area contributed by atoms with Crippen LogP contribution in [0.15, 0.2) is 53.4 Å². The molecule has 0 saturated carbocycles. The molecule has 1 amide bonds. The van der Waals surface area contributed by atoms with Gasteiger partial charge in [-0.3, -0.25) is 4.79 Å². The fourth-order valence-electron chi connectivity index (χ4n) is 2.50. The lowest BCUT2D eigenvalue weighted by atomic mass is 10.1. The predicted molar refractivity (Wildman–Crippen MR) is 104 cm³/mol. The van der Waals surface area contributed by atoms with Gasteiger partial charge in [-0.15, -0.1) is 11.3 Å². The maximum atomic E-state index is 12.4. The van der Waals surface area contributed by atoms with Gasteiger partial charge >= 0.3 is 6.61 Å². The van der Waals surface area contributed by atoms with Crippen LogP contribution in [0.1, 0.15) is 21.6 Å². The number of ether oxygens (including phenoxy) is 3. The summed E-state index contributed by atoms with van der Waals surface area (Å²) < 4.78 is 40.0. The van der Waals surface area contributed by atoms with E-state index in [4.69, 9.17) is 9.47 Å². The third-order valence-electron chi connectivity index (χ3n) is 3.86. The van der Waals surface area contributed by atoms with Crippen LogP contribution in [0.5, 0.6) is 17.2 Å². The number of thiazole rings is 1. The summed E-state index contributed by atoms with van der Waals surface area (Å²) >= 11 is 1.48. The summed E-state index contributed by atoms with van der Waals surface area (Å²) in [5.74, 6) is 0.610. The summed E-state index contributed by atoms with van der Waals surface area (Å²) in [7, 11) is 1.49. The van der Waals surface area contributed by atoms with Gasteiger partial charge in [-0.1, -0.05) is 12.1 Å². The normalized spacial score (nSPS) is 10.6. The van der Waals surface area contributed by atoms with E-state index in [1.54, 1.807) is 35.8 Å². The summed E-state index contributed by atoms with van der Waals surface area (Å²) in [5.41, 5.74) is 3.53. The van der Waals surface area contributed by atoms with Gasteiger partial charge in [0, 0.05) is 17.5 Å². The number of hydrogen-bond donors (Lipinski definition) is 1.